The number of ketones is 1. The maximum absolute atomic E-state index is 13.0. The number of ether oxygens (including phenoxy) is 1. The lowest BCUT2D eigenvalue weighted by atomic mass is 10.0. The molecular weight excluding hydrogens is 767 g/mol. The Hall–Kier alpha value is -6.55. The van der Waals surface area contributed by atoms with E-state index in [1.807, 2.05) is 54.6 Å². The molecule has 5 N–H and O–H groups in total. The standard InChI is InChI=1S/C40H35ClF3N7O6/c41-29-14-12-28(13-15-29)39(19-20-39)51-37-48-36(49-38(50-37)57-23-40(42,43)44)46-30-16-10-27(11-17-30)33(53)47-31(35(55)56)18-21-45-34(54)32(52)22-24-6-8-26(9-7-24)25-4-2-1-3-5-25/h1-17,31H,18-23H2,(H,45,54)(H,47,53)(H,55,56)(H2,46,48,49,50,51)/t31-/m1/s1. The zero-order chi connectivity index (χ0) is 40.6. The van der Waals surface area contributed by atoms with Gasteiger partial charge in [0.2, 0.25) is 17.7 Å². The van der Waals surface area contributed by atoms with E-state index in [1.165, 1.54) is 24.3 Å². The maximum atomic E-state index is 13.0. The quantitative estimate of drug-likeness (QED) is 0.0649. The number of anilines is 3. The highest BCUT2D eigenvalue weighted by atomic mass is 35.5. The molecule has 4 aromatic carbocycles. The normalized spacial score (nSPS) is 13.5. The molecule has 0 saturated heterocycles. The van der Waals surface area contributed by atoms with Crippen LogP contribution in [0.5, 0.6) is 6.01 Å². The summed E-state index contributed by atoms with van der Waals surface area (Å²) in [6.45, 7) is -1.83. The second-order valence-corrected chi connectivity index (χ2v) is 13.6. The van der Waals surface area contributed by atoms with Crippen molar-refractivity contribution in [3.8, 4) is 17.1 Å². The molecule has 0 radical (unpaired) electrons. The first-order chi connectivity index (χ1) is 27.2. The Kier molecular flexibility index (Phi) is 12.3. The summed E-state index contributed by atoms with van der Waals surface area (Å²) in [7, 11) is 0. The predicted octanol–water partition coefficient (Wildman–Crippen LogP) is 6.48. The third kappa shape index (κ3) is 11.3. The largest absolute Gasteiger partial charge is 0.480 e. The fourth-order valence-electron chi connectivity index (χ4n) is 5.75. The van der Waals surface area contributed by atoms with Crippen LogP contribution < -0.4 is 26.0 Å². The zero-order valence-electron chi connectivity index (χ0n) is 30.0. The Morgan fingerprint density at radius 2 is 1.47 bits per heavy atom. The Labute approximate surface area is 329 Å². The number of nitrogens with zero attached hydrogens (tertiary/aromatic N) is 3. The van der Waals surface area contributed by atoms with Crippen molar-refractivity contribution in [2.24, 2.45) is 0 Å². The average molecular weight is 802 g/mol. The van der Waals surface area contributed by atoms with Crippen molar-refractivity contribution in [2.45, 2.75) is 43.4 Å². The molecule has 1 aromatic heterocycles. The van der Waals surface area contributed by atoms with E-state index in [0.29, 0.717) is 29.1 Å². The van der Waals surface area contributed by atoms with Crippen LogP contribution in [0.2, 0.25) is 5.02 Å². The number of carboxylic acids is 1. The first-order valence-electron chi connectivity index (χ1n) is 17.6. The number of alkyl halides is 3. The van der Waals surface area contributed by atoms with Crippen LogP contribution in [0.25, 0.3) is 11.1 Å². The van der Waals surface area contributed by atoms with Gasteiger partial charge < -0.3 is 31.1 Å². The number of carbonyl (C=O) groups is 4. The summed E-state index contributed by atoms with van der Waals surface area (Å²) in [5.74, 6) is -3.86. The zero-order valence-corrected chi connectivity index (χ0v) is 30.7. The van der Waals surface area contributed by atoms with Gasteiger partial charge in [-0.25, -0.2) is 4.79 Å². The van der Waals surface area contributed by atoms with E-state index in [2.05, 4.69) is 36.2 Å². The second kappa shape index (κ2) is 17.5. The molecule has 5 aromatic rings. The van der Waals surface area contributed by atoms with E-state index >= 15 is 0 Å². The highest BCUT2D eigenvalue weighted by Gasteiger charge is 2.45. The van der Waals surface area contributed by atoms with Gasteiger partial charge in [-0.15, -0.1) is 0 Å². The number of carboxylic acid groups (broad SMARTS) is 1. The first kappa shape index (κ1) is 40.1. The molecule has 1 atom stereocenters. The van der Waals surface area contributed by atoms with Gasteiger partial charge in [0.05, 0.1) is 5.54 Å². The van der Waals surface area contributed by atoms with E-state index in [0.717, 1.165) is 16.7 Å². The van der Waals surface area contributed by atoms with Crippen LogP contribution in [-0.2, 0) is 26.3 Å². The molecule has 1 fully saturated rings. The van der Waals surface area contributed by atoms with Crippen molar-refractivity contribution in [3.63, 3.8) is 0 Å². The number of carbonyl (C=O) groups excluding carboxylic acids is 3. The predicted molar refractivity (Wildman–Crippen MR) is 204 cm³/mol. The molecule has 0 bridgehead atoms. The highest BCUT2D eigenvalue weighted by molar-refractivity contribution is 6.36. The molecular formula is C40H35ClF3N7O6. The van der Waals surface area contributed by atoms with E-state index in [-0.39, 0.29) is 36.8 Å². The monoisotopic (exact) mass is 801 g/mol. The van der Waals surface area contributed by atoms with Gasteiger partial charge in [-0.1, -0.05) is 78.3 Å². The smallest absolute Gasteiger partial charge is 0.422 e. The Morgan fingerprint density at radius 3 is 2.11 bits per heavy atom. The number of rotatable bonds is 17. The number of aliphatic carboxylic acids is 1. The van der Waals surface area contributed by atoms with Crippen molar-refractivity contribution in [1.29, 1.82) is 0 Å². The lowest BCUT2D eigenvalue weighted by Gasteiger charge is -2.19. The van der Waals surface area contributed by atoms with Gasteiger partial charge in [0.1, 0.15) is 6.04 Å². The number of Topliss-reactive ketones (excluding diaryl/α,β-unsaturated/α-hetero) is 1. The lowest BCUT2D eigenvalue weighted by Crippen LogP contribution is -2.43. The molecule has 1 aliphatic rings. The first-order valence-corrected chi connectivity index (χ1v) is 18.0. The molecule has 0 spiro atoms. The molecule has 13 nitrogen and oxygen atoms in total. The van der Waals surface area contributed by atoms with Gasteiger partial charge in [0.25, 0.3) is 11.8 Å². The topological polar surface area (TPSA) is 185 Å². The minimum absolute atomic E-state index is 0.0396. The third-order valence-electron chi connectivity index (χ3n) is 8.88. The van der Waals surface area contributed by atoms with Gasteiger partial charge in [-0.3, -0.25) is 14.4 Å². The summed E-state index contributed by atoms with van der Waals surface area (Å²) in [5.41, 5.74) is 3.34. The number of nitrogens with one attached hydrogen (secondary N) is 4. The molecule has 6 rings (SSSR count). The van der Waals surface area contributed by atoms with E-state index in [1.54, 1.807) is 24.3 Å². The number of hydrogen-bond acceptors (Lipinski definition) is 10. The summed E-state index contributed by atoms with van der Waals surface area (Å²) in [6, 6.07) is 27.7. The van der Waals surface area contributed by atoms with Crippen molar-refractivity contribution >= 4 is 52.8 Å². The minimum atomic E-state index is -4.64. The van der Waals surface area contributed by atoms with Crippen LogP contribution >= 0.6 is 11.6 Å². The van der Waals surface area contributed by atoms with Gasteiger partial charge >= 0.3 is 18.2 Å². The van der Waals surface area contributed by atoms with Gasteiger partial charge in [-0.2, -0.15) is 28.1 Å². The molecule has 17 heteroatoms. The highest BCUT2D eigenvalue weighted by Crippen LogP contribution is 2.48. The Balaban J connectivity index is 1.03. The molecule has 57 heavy (non-hydrogen) atoms. The summed E-state index contributed by atoms with van der Waals surface area (Å²) in [6.07, 6.45) is -3.59. The summed E-state index contributed by atoms with van der Waals surface area (Å²) in [5, 5.41) is 21.1. The van der Waals surface area contributed by atoms with Gasteiger partial charge in [0, 0.05) is 29.2 Å². The van der Waals surface area contributed by atoms with Gasteiger partial charge in [0.15, 0.2) is 6.61 Å². The minimum Gasteiger partial charge on any atom is -0.480 e. The van der Waals surface area contributed by atoms with Gasteiger partial charge in [-0.05, 0) is 77.9 Å². The number of amides is 2. The average Bonchev–Trinajstić information content (AvgIpc) is 3.97. The fourth-order valence-corrected chi connectivity index (χ4v) is 5.87. The maximum Gasteiger partial charge on any atom is 0.422 e. The summed E-state index contributed by atoms with van der Waals surface area (Å²) < 4.78 is 43.7. The summed E-state index contributed by atoms with van der Waals surface area (Å²) in [4.78, 5) is 62.2. The molecule has 1 aliphatic carbocycles. The molecule has 294 valence electrons. The molecule has 1 saturated carbocycles. The van der Waals surface area contributed by atoms with Crippen molar-refractivity contribution in [1.82, 2.24) is 25.6 Å². The lowest BCUT2D eigenvalue weighted by molar-refractivity contribution is -0.154. The van der Waals surface area contributed by atoms with Crippen LogP contribution in [0.15, 0.2) is 103 Å². The Bertz CT molecular complexity index is 2220. The van der Waals surface area contributed by atoms with Crippen LogP contribution in [0.4, 0.5) is 30.8 Å². The van der Waals surface area contributed by atoms with Crippen molar-refractivity contribution < 1.29 is 42.2 Å². The van der Waals surface area contributed by atoms with Crippen LogP contribution in [0.3, 0.4) is 0 Å². The molecule has 2 amide bonds. The number of halogens is 4. The van der Waals surface area contributed by atoms with E-state index < -0.39 is 53.9 Å². The van der Waals surface area contributed by atoms with Crippen molar-refractivity contribution in [3.05, 3.63) is 125 Å². The second-order valence-electron chi connectivity index (χ2n) is 13.2. The van der Waals surface area contributed by atoms with Crippen molar-refractivity contribution in [2.75, 3.05) is 23.8 Å². The fraction of sp³-hybridized carbons (Fsp3) is 0.225. The number of hydrogen-bond donors (Lipinski definition) is 5. The molecule has 0 unspecified atom stereocenters. The SMILES string of the molecule is O=C(Cc1ccc(-c2ccccc2)cc1)C(=O)NCC[C@@H](NC(=O)c1ccc(Nc2nc(NC3(c4ccc(Cl)cc4)CC3)nc(OCC(F)(F)F)n2)cc1)C(=O)O. The van der Waals surface area contributed by atoms with Crippen LogP contribution in [0, 0.1) is 0 Å². The van der Waals surface area contributed by atoms with E-state index in [4.69, 9.17) is 16.3 Å². The summed E-state index contributed by atoms with van der Waals surface area (Å²) >= 11 is 6.03. The van der Waals surface area contributed by atoms with E-state index in [9.17, 15) is 37.5 Å². The molecule has 1 heterocycles. The number of aromatic nitrogens is 3. The third-order valence-corrected chi connectivity index (χ3v) is 9.13. The molecule has 0 aliphatic heterocycles. The Morgan fingerprint density at radius 1 is 0.825 bits per heavy atom. The van der Waals surface area contributed by atoms with Crippen LogP contribution in [-0.4, -0.2) is 69.0 Å². The van der Waals surface area contributed by atoms with Crippen LogP contribution in [0.1, 0.15) is 40.7 Å². The number of benzene rings is 4.